The van der Waals surface area contributed by atoms with Crippen LogP contribution in [0.15, 0.2) is 18.2 Å². The van der Waals surface area contributed by atoms with Gasteiger partial charge in [0.15, 0.2) is 0 Å². The van der Waals surface area contributed by atoms with Crippen molar-refractivity contribution in [1.82, 2.24) is 9.88 Å². The smallest absolute Gasteiger partial charge is 0.272 e. The van der Waals surface area contributed by atoms with Gasteiger partial charge in [-0.1, -0.05) is 17.7 Å². The number of methoxy groups -OCH3 is 1. The molecule has 2 fully saturated rings. The first-order valence-corrected chi connectivity index (χ1v) is 7.16. The highest BCUT2D eigenvalue weighted by molar-refractivity contribution is 6.29. The van der Waals surface area contributed by atoms with Gasteiger partial charge in [0, 0.05) is 13.7 Å². The molecule has 1 amide bonds. The number of aromatic nitrogens is 1. The first-order valence-electron chi connectivity index (χ1n) is 6.78. The number of nitrogens with zero attached hydrogens (tertiary/aromatic N) is 2. The minimum absolute atomic E-state index is 0.0307. The minimum atomic E-state index is -0.0810. The lowest BCUT2D eigenvalue weighted by molar-refractivity contribution is -0.0947. The monoisotopic (exact) mass is 296 g/mol. The van der Waals surface area contributed by atoms with Gasteiger partial charge < -0.3 is 14.4 Å². The maximum atomic E-state index is 12.6. The predicted octanol–water partition coefficient (Wildman–Crippen LogP) is 1.75. The van der Waals surface area contributed by atoms with E-state index in [9.17, 15) is 4.79 Å². The van der Waals surface area contributed by atoms with Crippen molar-refractivity contribution in [2.75, 3.05) is 20.3 Å². The first kappa shape index (κ1) is 13.8. The Morgan fingerprint density at radius 2 is 2.35 bits per heavy atom. The van der Waals surface area contributed by atoms with Crippen molar-refractivity contribution >= 4 is 17.5 Å². The van der Waals surface area contributed by atoms with Crippen molar-refractivity contribution in [3.8, 4) is 0 Å². The Hall–Kier alpha value is -1.17. The van der Waals surface area contributed by atoms with Crippen LogP contribution in [-0.4, -0.2) is 54.3 Å². The van der Waals surface area contributed by atoms with Gasteiger partial charge in [-0.25, -0.2) is 4.98 Å². The summed E-state index contributed by atoms with van der Waals surface area (Å²) in [6.45, 7) is 1.12. The Kier molecular flexibility index (Phi) is 3.92. The zero-order valence-electron chi connectivity index (χ0n) is 11.3. The van der Waals surface area contributed by atoms with Crippen LogP contribution in [0.1, 0.15) is 23.3 Å². The maximum absolute atomic E-state index is 12.6. The summed E-state index contributed by atoms with van der Waals surface area (Å²) in [5.74, 6) is -0.0810. The van der Waals surface area contributed by atoms with Crippen molar-refractivity contribution < 1.29 is 14.3 Å². The molecule has 0 radical (unpaired) electrons. The number of morpholine rings is 1. The highest BCUT2D eigenvalue weighted by atomic mass is 35.5. The van der Waals surface area contributed by atoms with E-state index in [0.29, 0.717) is 24.0 Å². The lowest BCUT2D eigenvalue weighted by atomic mass is 10.1. The van der Waals surface area contributed by atoms with Crippen LogP contribution < -0.4 is 0 Å². The summed E-state index contributed by atoms with van der Waals surface area (Å²) in [5, 5.41) is 0.335. The van der Waals surface area contributed by atoms with Crippen LogP contribution in [0.5, 0.6) is 0 Å². The summed E-state index contributed by atoms with van der Waals surface area (Å²) in [7, 11) is 1.69. The molecular weight excluding hydrogens is 280 g/mol. The molecule has 1 aliphatic heterocycles. The Bertz CT molecular complexity index is 511. The average Bonchev–Trinajstić information content (AvgIpc) is 2.89. The van der Waals surface area contributed by atoms with Gasteiger partial charge >= 0.3 is 0 Å². The lowest BCUT2D eigenvalue weighted by Gasteiger charge is -2.38. The van der Waals surface area contributed by atoms with Crippen LogP contribution in [0.3, 0.4) is 0 Å². The largest absolute Gasteiger partial charge is 0.379 e. The maximum Gasteiger partial charge on any atom is 0.272 e. The summed E-state index contributed by atoms with van der Waals surface area (Å²) in [5.41, 5.74) is 0.388. The van der Waals surface area contributed by atoms with Gasteiger partial charge in [-0.05, 0) is 25.0 Å². The van der Waals surface area contributed by atoms with Crippen LogP contribution in [0.4, 0.5) is 0 Å². The number of rotatable bonds is 2. The molecule has 0 aromatic carbocycles. The number of carbonyl (C=O) groups excluding carboxylic acids is 1. The highest BCUT2D eigenvalue weighted by Gasteiger charge is 2.44. The minimum Gasteiger partial charge on any atom is -0.379 e. The Morgan fingerprint density at radius 1 is 1.50 bits per heavy atom. The number of ether oxygens (including phenoxy) is 2. The van der Waals surface area contributed by atoms with E-state index in [-0.39, 0.29) is 24.2 Å². The van der Waals surface area contributed by atoms with Gasteiger partial charge in [-0.15, -0.1) is 0 Å². The van der Waals surface area contributed by atoms with E-state index in [1.807, 2.05) is 4.90 Å². The third-order valence-corrected chi connectivity index (χ3v) is 4.24. The number of pyridine rings is 1. The van der Waals surface area contributed by atoms with Crippen molar-refractivity contribution in [2.45, 2.75) is 31.1 Å². The molecule has 1 saturated carbocycles. The van der Waals surface area contributed by atoms with Gasteiger partial charge in [-0.2, -0.15) is 0 Å². The van der Waals surface area contributed by atoms with Crippen LogP contribution in [-0.2, 0) is 9.47 Å². The summed E-state index contributed by atoms with van der Waals surface area (Å²) >= 11 is 5.86. The van der Waals surface area contributed by atoms with E-state index < -0.39 is 0 Å². The van der Waals surface area contributed by atoms with E-state index in [1.165, 1.54) is 0 Å². The number of amides is 1. The van der Waals surface area contributed by atoms with Gasteiger partial charge in [0.05, 0.1) is 18.8 Å². The second-order valence-corrected chi connectivity index (χ2v) is 5.49. The molecule has 3 rings (SSSR count). The van der Waals surface area contributed by atoms with Crippen molar-refractivity contribution in [1.29, 1.82) is 0 Å². The third-order valence-electron chi connectivity index (χ3n) is 4.03. The summed E-state index contributed by atoms with van der Waals surface area (Å²) in [4.78, 5) is 18.6. The number of carbonyl (C=O) groups is 1. The fourth-order valence-corrected chi connectivity index (χ4v) is 3.26. The van der Waals surface area contributed by atoms with Gasteiger partial charge in [0.2, 0.25) is 0 Å². The number of hydrogen-bond donors (Lipinski definition) is 0. The molecular formula is C14H17ClN2O3. The average molecular weight is 297 g/mol. The molecule has 2 heterocycles. The summed E-state index contributed by atoms with van der Waals surface area (Å²) in [6, 6.07) is 5.17. The molecule has 0 N–H and O–H groups in total. The Labute approximate surface area is 122 Å². The van der Waals surface area contributed by atoms with E-state index >= 15 is 0 Å². The molecule has 20 heavy (non-hydrogen) atoms. The fraction of sp³-hybridized carbons (Fsp3) is 0.571. The highest BCUT2D eigenvalue weighted by Crippen LogP contribution is 2.32. The molecule has 108 valence electrons. The SMILES string of the molecule is CO[C@@H]1CC[C@H]2[C@H]1OCCN2C(=O)c1cccc(Cl)n1. The number of halogens is 1. The van der Waals surface area contributed by atoms with E-state index in [1.54, 1.807) is 25.3 Å². The number of fused-ring (bicyclic) bond motifs is 1. The predicted molar refractivity (Wildman–Crippen MR) is 73.8 cm³/mol. The Morgan fingerprint density at radius 3 is 3.10 bits per heavy atom. The molecule has 0 unspecified atom stereocenters. The van der Waals surface area contributed by atoms with Crippen LogP contribution in [0.25, 0.3) is 0 Å². The van der Waals surface area contributed by atoms with Crippen LogP contribution in [0.2, 0.25) is 5.15 Å². The zero-order chi connectivity index (χ0) is 14.1. The summed E-state index contributed by atoms with van der Waals surface area (Å²) in [6.07, 6.45) is 1.86. The molecule has 1 aliphatic carbocycles. The van der Waals surface area contributed by atoms with Crippen molar-refractivity contribution in [2.24, 2.45) is 0 Å². The lowest BCUT2D eigenvalue weighted by Crippen LogP contribution is -2.53. The first-order chi connectivity index (χ1) is 9.70. The molecule has 6 heteroatoms. The molecule has 3 atom stereocenters. The van der Waals surface area contributed by atoms with Crippen LogP contribution in [0, 0.1) is 0 Å². The third kappa shape index (κ3) is 2.41. The fourth-order valence-electron chi connectivity index (χ4n) is 3.09. The van der Waals surface area contributed by atoms with E-state index in [2.05, 4.69) is 4.98 Å². The van der Waals surface area contributed by atoms with E-state index in [4.69, 9.17) is 21.1 Å². The Balaban J connectivity index is 1.81. The molecule has 5 nitrogen and oxygen atoms in total. The quantitative estimate of drug-likeness (QED) is 0.780. The van der Waals surface area contributed by atoms with E-state index in [0.717, 1.165) is 12.8 Å². The van der Waals surface area contributed by atoms with Gasteiger partial charge in [0.1, 0.15) is 17.0 Å². The number of hydrogen-bond acceptors (Lipinski definition) is 4. The van der Waals surface area contributed by atoms with Crippen LogP contribution >= 0.6 is 11.6 Å². The standard InChI is InChI=1S/C14H17ClN2O3/c1-19-11-6-5-10-13(11)20-8-7-17(10)14(18)9-3-2-4-12(15)16-9/h2-4,10-11,13H,5-8H2,1H3/t10-,11+,13+/m0/s1. The summed E-state index contributed by atoms with van der Waals surface area (Å²) < 4.78 is 11.2. The second kappa shape index (κ2) is 5.68. The topological polar surface area (TPSA) is 51.7 Å². The van der Waals surface area contributed by atoms with Crippen molar-refractivity contribution in [3.05, 3.63) is 29.0 Å². The molecule has 1 aromatic rings. The second-order valence-electron chi connectivity index (χ2n) is 5.10. The molecule has 1 aromatic heterocycles. The molecule has 1 saturated heterocycles. The zero-order valence-corrected chi connectivity index (χ0v) is 12.0. The van der Waals surface area contributed by atoms with Crippen molar-refractivity contribution in [3.63, 3.8) is 0 Å². The molecule has 0 spiro atoms. The van der Waals surface area contributed by atoms with Gasteiger partial charge in [0.25, 0.3) is 5.91 Å². The molecule has 0 bridgehead atoms. The van der Waals surface area contributed by atoms with Gasteiger partial charge in [-0.3, -0.25) is 4.79 Å². The molecule has 2 aliphatic rings. The normalized spacial score (nSPS) is 29.3.